The van der Waals surface area contributed by atoms with Crippen molar-refractivity contribution in [2.45, 2.75) is 6.92 Å². The first kappa shape index (κ1) is 16.4. The highest BCUT2D eigenvalue weighted by Crippen LogP contribution is 2.33. The molecule has 0 atom stereocenters. The molecule has 0 radical (unpaired) electrons. The van der Waals surface area contributed by atoms with E-state index in [1.54, 1.807) is 18.3 Å². The fraction of sp³-hybridized carbons (Fsp3) is 0.100. The van der Waals surface area contributed by atoms with Gasteiger partial charge in [0.05, 0.1) is 17.6 Å². The van der Waals surface area contributed by atoms with Crippen molar-refractivity contribution in [3.63, 3.8) is 0 Å². The van der Waals surface area contributed by atoms with E-state index < -0.39 is 7.92 Å². The molecule has 3 aromatic rings. The van der Waals surface area contributed by atoms with E-state index in [2.05, 4.69) is 29.2 Å². The SMILES string of the molecule is CCOC(=O)c1cccnc1P(c1ccccc1)c1ccccc1. The molecule has 0 saturated carbocycles. The normalized spacial score (nSPS) is 10.6. The van der Waals surface area contributed by atoms with Crippen LogP contribution in [0.1, 0.15) is 17.3 Å². The van der Waals surface area contributed by atoms with Crippen LogP contribution in [0.25, 0.3) is 0 Å². The third kappa shape index (κ3) is 3.52. The number of esters is 1. The van der Waals surface area contributed by atoms with Gasteiger partial charge < -0.3 is 4.74 Å². The Hall–Kier alpha value is -2.51. The Bertz CT molecular complexity index is 767. The zero-order valence-electron chi connectivity index (χ0n) is 13.4. The lowest BCUT2D eigenvalue weighted by atomic mass is 10.3. The monoisotopic (exact) mass is 335 g/mol. The second-order valence-electron chi connectivity index (χ2n) is 5.10. The van der Waals surface area contributed by atoms with E-state index in [-0.39, 0.29) is 5.97 Å². The van der Waals surface area contributed by atoms with Crippen LogP contribution >= 0.6 is 7.92 Å². The Kier molecular flexibility index (Phi) is 5.35. The molecule has 0 saturated heterocycles. The number of hydrogen-bond donors (Lipinski definition) is 0. The summed E-state index contributed by atoms with van der Waals surface area (Å²) in [6, 6.07) is 24.0. The molecule has 24 heavy (non-hydrogen) atoms. The van der Waals surface area contributed by atoms with Gasteiger partial charge in [0, 0.05) is 14.1 Å². The van der Waals surface area contributed by atoms with Crippen LogP contribution in [0.4, 0.5) is 0 Å². The lowest BCUT2D eigenvalue weighted by Crippen LogP contribution is -2.28. The second kappa shape index (κ2) is 7.85. The largest absolute Gasteiger partial charge is 0.462 e. The molecule has 1 aromatic heterocycles. The van der Waals surface area contributed by atoms with E-state index in [0.29, 0.717) is 12.2 Å². The van der Waals surface area contributed by atoms with Gasteiger partial charge >= 0.3 is 5.97 Å². The Morgan fingerprint density at radius 2 is 1.50 bits per heavy atom. The smallest absolute Gasteiger partial charge is 0.340 e. The summed E-state index contributed by atoms with van der Waals surface area (Å²) in [5.74, 6) is -0.319. The van der Waals surface area contributed by atoms with E-state index in [1.807, 2.05) is 43.3 Å². The number of hydrogen-bond acceptors (Lipinski definition) is 3. The minimum Gasteiger partial charge on any atom is -0.462 e. The van der Waals surface area contributed by atoms with Crippen molar-refractivity contribution in [2.24, 2.45) is 0 Å². The lowest BCUT2D eigenvalue weighted by Gasteiger charge is -2.20. The topological polar surface area (TPSA) is 39.2 Å². The molecule has 4 heteroatoms. The fourth-order valence-corrected chi connectivity index (χ4v) is 4.81. The molecule has 0 unspecified atom stereocenters. The van der Waals surface area contributed by atoms with Crippen LogP contribution in [0, 0.1) is 0 Å². The van der Waals surface area contributed by atoms with E-state index >= 15 is 0 Å². The molecular weight excluding hydrogens is 317 g/mol. The summed E-state index contributed by atoms with van der Waals surface area (Å²) in [5.41, 5.74) is 1.32. The third-order valence-electron chi connectivity index (χ3n) is 3.52. The van der Waals surface area contributed by atoms with Gasteiger partial charge in [0.1, 0.15) is 0 Å². The van der Waals surface area contributed by atoms with Gasteiger partial charge in [-0.2, -0.15) is 0 Å². The van der Waals surface area contributed by atoms with Crippen molar-refractivity contribution in [1.29, 1.82) is 0 Å². The highest BCUT2D eigenvalue weighted by Gasteiger charge is 2.24. The molecule has 0 amide bonds. The summed E-state index contributed by atoms with van der Waals surface area (Å²) in [6.07, 6.45) is 1.74. The van der Waals surface area contributed by atoms with Crippen molar-refractivity contribution in [3.8, 4) is 0 Å². The van der Waals surface area contributed by atoms with Crippen molar-refractivity contribution >= 4 is 29.9 Å². The Morgan fingerprint density at radius 3 is 2.04 bits per heavy atom. The number of nitrogens with zero attached hydrogens (tertiary/aromatic N) is 1. The number of pyridine rings is 1. The standard InChI is InChI=1S/C20H18NO2P/c1-2-23-20(22)18-14-9-15-21-19(18)24(16-10-5-3-6-11-16)17-12-7-4-8-13-17/h3-15H,2H2,1H3. The van der Waals surface area contributed by atoms with Gasteiger partial charge in [-0.1, -0.05) is 60.7 Å². The number of carbonyl (C=O) groups is 1. The van der Waals surface area contributed by atoms with Crippen LogP contribution in [0.3, 0.4) is 0 Å². The maximum absolute atomic E-state index is 12.4. The average Bonchev–Trinajstić information content (AvgIpc) is 2.64. The lowest BCUT2D eigenvalue weighted by molar-refractivity contribution is 0.0527. The first-order valence-electron chi connectivity index (χ1n) is 7.83. The number of benzene rings is 2. The first-order chi connectivity index (χ1) is 11.8. The van der Waals surface area contributed by atoms with Gasteiger partial charge in [-0.25, -0.2) is 4.79 Å². The summed E-state index contributed by atoms with van der Waals surface area (Å²) in [5, 5.41) is 2.31. The maximum atomic E-state index is 12.4. The van der Waals surface area contributed by atoms with Gasteiger partial charge in [-0.15, -0.1) is 0 Å². The molecule has 0 spiro atoms. The van der Waals surface area contributed by atoms with E-state index in [0.717, 1.165) is 16.0 Å². The van der Waals surface area contributed by atoms with Crippen LogP contribution in [0.15, 0.2) is 79.0 Å². The summed E-state index contributed by atoms with van der Waals surface area (Å²) >= 11 is 0. The second-order valence-corrected chi connectivity index (χ2v) is 7.23. The molecule has 3 nitrogen and oxygen atoms in total. The summed E-state index contributed by atoms with van der Waals surface area (Å²) in [7, 11) is -0.922. The Balaban J connectivity index is 2.16. The molecule has 3 rings (SSSR count). The van der Waals surface area contributed by atoms with Crippen molar-refractivity contribution < 1.29 is 9.53 Å². The highest BCUT2D eigenvalue weighted by molar-refractivity contribution is 7.79. The predicted octanol–water partition coefficient (Wildman–Crippen LogP) is 3.02. The first-order valence-corrected chi connectivity index (χ1v) is 9.18. The van der Waals surface area contributed by atoms with Crippen molar-refractivity contribution in [1.82, 2.24) is 4.98 Å². The zero-order chi connectivity index (χ0) is 16.8. The van der Waals surface area contributed by atoms with Gasteiger partial charge in [0.25, 0.3) is 0 Å². The molecule has 0 aliphatic carbocycles. The highest BCUT2D eigenvalue weighted by atomic mass is 31.1. The maximum Gasteiger partial charge on any atom is 0.340 e. The van der Waals surface area contributed by atoms with Gasteiger partial charge in [-0.3, -0.25) is 4.98 Å². The molecule has 0 aliphatic rings. The van der Waals surface area contributed by atoms with Gasteiger partial charge in [-0.05, 0) is 29.7 Å². The summed E-state index contributed by atoms with van der Waals surface area (Å²) in [4.78, 5) is 16.9. The molecule has 0 bridgehead atoms. The number of carbonyl (C=O) groups excluding carboxylic acids is 1. The van der Waals surface area contributed by atoms with Gasteiger partial charge in [0.15, 0.2) is 0 Å². The van der Waals surface area contributed by atoms with Crippen LogP contribution in [-0.4, -0.2) is 17.6 Å². The van der Waals surface area contributed by atoms with Crippen LogP contribution in [0.2, 0.25) is 0 Å². The molecular formula is C20H18NO2P. The van der Waals surface area contributed by atoms with Crippen LogP contribution < -0.4 is 16.0 Å². The minimum absolute atomic E-state index is 0.319. The molecule has 0 fully saturated rings. The predicted molar refractivity (Wildman–Crippen MR) is 98.9 cm³/mol. The third-order valence-corrected chi connectivity index (χ3v) is 5.93. The molecule has 120 valence electrons. The Labute approximate surface area is 143 Å². The average molecular weight is 335 g/mol. The van der Waals surface area contributed by atoms with Crippen LogP contribution in [-0.2, 0) is 4.74 Å². The quantitative estimate of drug-likeness (QED) is 0.531. The minimum atomic E-state index is -0.922. The zero-order valence-corrected chi connectivity index (χ0v) is 14.3. The van der Waals surface area contributed by atoms with Gasteiger partial charge in [0.2, 0.25) is 0 Å². The summed E-state index contributed by atoms with van der Waals surface area (Å²) < 4.78 is 5.22. The van der Waals surface area contributed by atoms with Crippen LogP contribution in [0.5, 0.6) is 0 Å². The van der Waals surface area contributed by atoms with E-state index in [4.69, 9.17) is 4.74 Å². The molecule has 1 heterocycles. The van der Waals surface area contributed by atoms with E-state index in [1.165, 1.54) is 0 Å². The fourth-order valence-electron chi connectivity index (χ4n) is 2.49. The molecule has 0 aliphatic heterocycles. The number of rotatable bonds is 5. The van der Waals surface area contributed by atoms with Crippen molar-refractivity contribution in [3.05, 3.63) is 84.6 Å². The summed E-state index contributed by atoms with van der Waals surface area (Å²) in [6.45, 7) is 2.16. The Morgan fingerprint density at radius 1 is 0.917 bits per heavy atom. The number of aromatic nitrogens is 1. The molecule has 0 N–H and O–H groups in total. The molecule has 2 aromatic carbocycles. The van der Waals surface area contributed by atoms with Crippen molar-refractivity contribution in [2.75, 3.05) is 6.61 Å². The number of ether oxygens (including phenoxy) is 1. The van der Waals surface area contributed by atoms with E-state index in [9.17, 15) is 4.79 Å².